The smallest absolute Gasteiger partial charge is 0.338 e. The third-order valence-corrected chi connectivity index (χ3v) is 3.81. The molecule has 122 valence electrons. The van der Waals surface area contributed by atoms with E-state index in [9.17, 15) is 4.79 Å². The SMILES string of the molecule is COC(=O)c1ccccc1-c1ccc(-n2cnc(C)c2)c(OC)c1. The Kier molecular flexibility index (Phi) is 4.33. The second-order valence-corrected chi connectivity index (χ2v) is 5.35. The Hall–Kier alpha value is -3.08. The molecule has 5 nitrogen and oxygen atoms in total. The van der Waals surface area contributed by atoms with Crippen LogP contribution in [-0.2, 0) is 4.74 Å². The number of methoxy groups -OCH3 is 2. The Labute approximate surface area is 140 Å². The summed E-state index contributed by atoms with van der Waals surface area (Å²) in [6, 6.07) is 13.2. The van der Waals surface area contributed by atoms with Gasteiger partial charge in [-0.2, -0.15) is 0 Å². The Bertz CT molecular complexity index is 884. The first-order valence-electron chi connectivity index (χ1n) is 7.50. The molecule has 0 unspecified atom stereocenters. The summed E-state index contributed by atoms with van der Waals surface area (Å²) < 4.78 is 12.3. The molecule has 0 aliphatic rings. The van der Waals surface area contributed by atoms with Crippen molar-refractivity contribution in [1.29, 1.82) is 0 Å². The van der Waals surface area contributed by atoms with Gasteiger partial charge in [0, 0.05) is 6.20 Å². The molecule has 0 aliphatic carbocycles. The van der Waals surface area contributed by atoms with Crippen LogP contribution >= 0.6 is 0 Å². The fourth-order valence-corrected chi connectivity index (χ4v) is 2.63. The molecule has 0 radical (unpaired) electrons. The zero-order chi connectivity index (χ0) is 17.1. The molecule has 0 aliphatic heterocycles. The van der Waals surface area contributed by atoms with Crippen molar-refractivity contribution in [3.63, 3.8) is 0 Å². The van der Waals surface area contributed by atoms with Gasteiger partial charge in [0.25, 0.3) is 0 Å². The number of ether oxygens (including phenoxy) is 2. The van der Waals surface area contributed by atoms with E-state index >= 15 is 0 Å². The second-order valence-electron chi connectivity index (χ2n) is 5.35. The van der Waals surface area contributed by atoms with Crippen molar-refractivity contribution in [2.24, 2.45) is 0 Å². The molecule has 2 aromatic carbocycles. The molecule has 0 saturated carbocycles. The molecule has 0 N–H and O–H groups in total. The monoisotopic (exact) mass is 322 g/mol. The number of nitrogens with zero attached hydrogens (tertiary/aromatic N) is 2. The summed E-state index contributed by atoms with van der Waals surface area (Å²) in [4.78, 5) is 16.2. The minimum absolute atomic E-state index is 0.362. The van der Waals surface area contributed by atoms with Gasteiger partial charge >= 0.3 is 5.97 Å². The molecule has 0 spiro atoms. The first-order chi connectivity index (χ1) is 11.6. The molecular formula is C19H18N2O3. The lowest BCUT2D eigenvalue weighted by molar-refractivity contribution is 0.0601. The molecule has 3 rings (SSSR count). The van der Waals surface area contributed by atoms with Gasteiger partial charge in [0.05, 0.1) is 37.5 Å². The molecule has 0 fully saturated rings. The van der Waals surface area contributed by atoms with Crippen molar-refractivity contribution < 1.29 is 14.3 Å². The lowest BCUT2D eigenvalue weighted by Gasteiger charge is -2.13. The molecule has 0 amide bonds. The van der Waals surface area contributed by atoms with Crippen LogP contribution in [0.3, 0.4) is 0 Å². The van der Waals surface area contributed by atoms with Crippen LogP contribution in [0.2, 0.25) is 0 Å². The third-order valence-electron chi connectivity index (χ3n) is 3.81. The average Bonchev–Trinajstić information content (AvgIpc) is 3.06. The number of hydrogen-bond donors (Lipinski definition) is 0. The van der Waals surface area contributed by atoms with E-state index < -0.39 is 0 Å². The largest absolute Gasteiger partial charge is 0.495 e. The van der Waals surface area contributed by atoms with Crippen LogP contribution in [-0.4, -0.2) is 29.7 Å². The summed E-state index contributed by atoms with van der Waals surface area (Å²) in [6.45, 7) is 1.93. The molecule has 0 bridgehead atoms. The minimum atomic E-state index is -0.362. The van der Waals surface area contributed by atoms with E-state index in [0.29, 0.717) is 11.3 Å². The summed E-state index contributed by atoms with van der Waals surface area (Å²) in [7, 11) is 3.00. The third kappa shape index (κ3) is 2.88. The van der Waals surface area contributed by atoms with Crippen molar-refractivity contribution in [2.75, 3.05) is 14.2 Å². The summed E-state index contributed by atoms with van der Waals surface area (Å²) in [5.41, 5.74) is 4.02. The quantitative estimate of drug-likeness (QED) is 0.688. The van der Waals surface area contributed by atoms with Gasteiger partial charge in [-0.3, -0.25) is 0 Å². The fourth-order valence-electron chi connectivity index (χ4n) is 2.63. The zero-order valence-electron chi connectivity index (χ0n) is 13.8. The van der Waals surface area contributed by atoms with E-state index in [0.717, 1.165) is 22.5 Å². The van der Waals surface area contributed by atoms with Crippen LogP contribution in [0.25, 0.3) is 16.8 Å². The van der Waals surface area contributed by atoms with Gasteiger partial charge in [-0.1, -0.05) is 24.3 Å². The maximum absolute atomic E-state index is 12.0. The zero-order valence-corrected chi connectivity index (χ0v) is 13.8. The van der Waals surface area contributed by atoms with E-state index in [-0.39, 0.29) is 5.97 Å². The fraction of sp³-hybridized carbons (Fsp3) is 0.158. The van der Waals surface area contributed by atoms with Crippen molar-refractivity contribution in [3.05, 3.63) is 66.2 Å². The Morgan fingerprint density at radius 3 is 2.58 bits per heavy atom. The molecule has 0 atom stereocenters. The normalized spacial score (nSPS) is 10.5. The van der Waals surface area contributed by atoms with Gasteiger partial charge in [0.15, 0.2) is 0 Å². The number of hydrogen-bond acceptors (Lipinski definition) is 4. The molecular weight excluding hydrogens is 304 g/mol. The van der Waals surface area contributed by atoms with Gasteiger partial charge in [-0.05, 0) is 36.2 Å². The predicted octanol–water partition coefficient (Wildman–Crippen LogP) is 3.64. The second kappa shape index (κ2) is 6.58. The first kappa shape index (κ1) is 15.8. The number of aryl methyl sites for hydroxylation is 1. The highest BCUT2D eigenvalue weighted by molar-refractivity contribution is 5.97. The average molecular weight is 322 g/mol. The van der Waals surface area contributed by atoms with Crippen molar-refractivity contribution in [1.82, 2.24) is 9.55 Å². The summed E-state index contributed by atoms with van der Waals surface area (Å²) in [5.74, 6) is 0.337. The minimum Gasteiger partial charge on any atom is -0.495 e. The standard InChI is InChI=1S/C19H18N2O3/c1-13-11-21(12-20-13)17-9-8-14(10-18(17)23-2)15-6-4-5-7-16(15)19(22)24-3/h4-12H,1-3H3. The topological polar surface area (TPSA) is 53.4 Å². The molecule has 1 heterocycles. The van der Waals surface area contributed by atoms with E-state index in [1.165, 1.54) is 7.11 Å². The number of esters is 1. The van der Waals surface area contributed by atoms with Crippen LogP contribution in [0.15, 0.2) is 55.0 Å². The van der Waals surface area contributed by atoms with Crippen LogP contribution in [0.1, 0.15) is 16.1 Å². The van der Waals surface area contributed by atoms with Gasteiger partial charge in [0.1, 0.15) is 5.75 Å². The van der Waals surface area contributed by atoms with Crippen LogP contribution in [0, 0.1) is 6.92 Å². The summed E-state index contributed by atoms with van der Waals surface area (Å²) in [6.07, 6.45) is 3.68. The number of rotatable bonds is 4. The Morgan fingerprint density at radius 1 is 1.12 bits per heavy atom. The van der Waals surface area contributed by atoms with Crippen molar-refractivity contribution in [2.45, 2.75) is 6.92 Å². The number of carbonyl (C=O) groups excluding carboxylic acids is 1. The number of carbonyl (C=O) groups is 1. The van der Waals surface area contributed by atoms with E-state index in [2.05, 4.69) is 4.98 Å². The summed E-state index contributed by atoms with van der Waals surface area (Å²) >= 11 is 0. The van der Waals surface area contributed by atoms with Crippen LogP contribution < -0.4 is 4.74 Å². The van der Waals surface area contributed by atoms with Crippen LogP contribution in [0.4, 0.5) is 0 Å². The molecule has 1 aromatic heterocycles. The van der Waals surface area contributed by atoms with E-state index in [1.54, 1.807) is 19.5 Å². The molecule has 24 heavy (non-hydrogen) atoms. The number of aromatic nitrogens is 2. The van der Waals surface area contributed by atoms with Gasteiger partial charge in [-0.15, -0.1) is 0 Å². The highest BCUT2D eigenvalue weighted by Gasteiger charge is 2.14. The van der Waals surface area contributed by atoms with Crippen molar-refractivity contribution >= 4 is 5.97 Å². The molecule has 0 saturated heterocycles. The summed E-state index contributed by atoms with van der Waals surface area (Å²) in [5, 5.41) is 0. The first-order valence-corrected chi connectivity index (χ1v) is 7.50. The highest BCUT2D eigenvalue weighted by Crippen LogP contribution is 2.31. The van der Waals surface area contributed by atoms with Crippen LogP contribution in [0.5, 0.6) is 5.75 Å². The molecule has 3 aromatic rings. The maximum atomic E-state index is 12.0. The van der Waals surface area contributed by atoms with Gasteiger partial charge in [0.2, 0.25) is 0 Å². The van der Waals surface area contributed by atoms with E-state index in [4.69, 9.17) is 9.47 Å². The van der Waals surface area contributed by atoms with Gasteiger partial charge in [-0.25, -0.2) is 9.78 Å². The maximum Gasteiger partial charge on any atom is 0.338 e. The Morgan fingerprint density at radius 2 is 1.92 bits per heavy atom. The lowest BCUT2D eigenvalue weighted by Crippen LogP contribution is -2.03. The number of benzene rings is 2. The lowest BCUT2D eigenvalue weighted by atomic mass is 9.99. The predicted molar refractivity (Wildman–Crippen MR) is 91.6 cm³/mol. The van der Waals surface area contributed by atoms with Crippen molar-refractivity contribution in [3.8, 4) is 22.6 Å². The highest BCUT2D eigenvalue weighted by atomic mass is 16.5. The Balaban J connectivity index is 2.10. The van der Waals surface area contributed by atoms with E-state index in [1.807, 2.05) is 54.1 Å². The number of imidazole rings is 1. The molecule has 5 heteroatoms. The van der Waals surface area contributed by atoms with Gasteiger partial charge < -0.3 is 14.0 Å².